The van der Waals surface area contributed by atoms with Crippen LogP contribution in [0.1, 0.15) is 25.3 Å². The summed E-state index contributed by atoms with van der Waals surface area (Å²) in [6.07, 6.45) is 2.13. The number of nitrogens with one attached hydrogen (secondary N) is 2. The molecule has 2 aromatic carbocycles. The molecule has 2 aromatic rings. The lowest BCUT2D eigenvalue weighted by atomic mass is 10.2. The fraction of sp³-hybridized carbons (Fsp3) is 0.316. The molecule has 24 heavy (non-hydrogen) atoms. The number of carbonyl (C=O) groups excluding carboxylic acids is 1. The molecule has 0 bridgehead atoms. The van der Waals surface area contributed by atoms with Crippen molar-refractivity contribution in [3.8, 4) is 5.75 Å². The van der Waals surface area contributed by atoms with Crippen LogP contribution in [0.25, 0.3) is 0 Å². The van der Waals surface area contributed by atoms with Crippen molar-refractivity contribution >= 4 is 28.9 Å². The van der Waals surface area contributed by atoms with E-state index in [0.29, 0.717) is 11.6 Å². The van der Waals surface area contributed by atoms with Crippen LogP contribution in [0.2, 0.25) is 5.02 Å². The number of amides is 1. The van der Waals surface area contributed by atoms with Crippen molar-refractivity contribution in [3.63, 3.8) is 0 Å². The summed E-state index contributed by atoms with van der Waals surface area (Å²) < 4.78 is 5.66. The molecule has 0 aliphatic heterocycles. The van der Waals surface area contributed by atoms with E-state index >= 15 is 0 Å². The van der Waals surface area contributed by atoms with Gasteiger partial charge in [-0.3, -0.25) is 4.79 Å². The Morgan fingerprint density at radius 1 is 1.21 bits per heavy atom. The van der Waals surface area contributed by atoms with Gasteiger partial charge in [0.05, 0.1) is 13.2 Å². The number of aryl methyl sites for hydroxylation is 1. The van der Waals surface area contributed by atoms with Gasteiger partial charge >= 0.3 is 0 Å². The van der Waals surface area contributed by atoms with Gasteiger partial charge in [-0.05, 0) is 43.2 Å². The Bertz CT molecular complexity index is 689. The Hall–Kier alpha value is -2.20. The fourth-order valence-electron chi connectivity index (χ4n) is 2.14. The molecule has 2 rings (SSSR count). The van der Waals surface area contributed by atoms with Gasteiger partial charge < -0.3 is 15.4 Å². The van der Waals surface area contributed by atoms with Gasteiger partial charge in [-0.1, -0.05) is 37.1 Å². The van der Waals surface area contributed by atoms with Crippen LogP contribution in [0.15, 0.2) is 42.5 Å². The number of carbonyl (C=O) groups is 1. The van der Waals surface area contributed by atoms with Crippen molar-refractivity contribution in [1.29, 1.82) is 0 Å². The van der Waals surface area contributed by atoms with E-state index in [2.05, 4.69) is 17.6 Å². The zero-order chi connectivity index (χ0) is 17.4. The van der Waals surface area contributed by atoms with Crippen LogP contribution in [0, 0.1) is 6.92 Å². The van der Waals surface area contributed by atoms with E-state index in [-0.39, 0.29) is 12.5 Å². The normalized spacial score (nSPS) is 10.3. The minimum atomic E-state index is -0.127. The summed E-state index contributed by atoms with van der Waals surface area (Å²) in [4.78, 5) is 12.1. The smallest absolute Gasteiger partial charge is 0.243 e. The maximum atomic E-state index is 12.1. The molecule has 0 unspecified atom stereocenters. The largest absolute Gasteiger partial charge is 0.494 e. The zero-order valence-electron chi connectivity index (χ0n) is 14.1. The molecule has 0 heterocycles. The number of rotatable bonds is 8. The van der Waals surface area contributed by atoms with Crippen LogP contribution in [0.3, 0.4) is 0 Å². The Balaban J connectivity index is 1.87. The molecule has 4 nitrogen and oxygen atoms in total. The van der Waals surface area contributed by atoms with Crippen LogP contribution in [-0.4, -0.2) is 19.1 Å². The first-order chi connectivity index (χ1) is 11.6. The van der Waals surface area contributed by atoms with Gasteiger partial charge in [0, 0.05) is 22.5 Å². The monoisotopic (exact) mass is 346 g/mol. The molecule has 0 saturated carbocycles. The molecule has 0 aliphatic rings. The standard InChI is InChI=1S/C19H23ClN2O2/c1-3-4-10-24-17-7-5-6-16(12-17)21-13-19(23)22-18-11-15(20)9-8-14(18)2/h5-9,11-12,21H,3-4,10,13H2,1-2H3,(H,22,23). The van der Waals surface area contributed by atoms with Crippen molar-refractivity contribution in [2.24, 2.45) is 0 Å². The minimum Gasteiger partial charge on any atom is -0.494 e. The Labute approximate surface area is 148 Å². The average molecular weight is 347 g/mol. The summed E-state index contributed by atoms with van der Waals surface area (Å²) in [7, 11) is 0. The van der Waals surface area contributed by atoms with Gasteiger partial charge in [0.15, 0.2) is 0 Å². The molecular weight excluding hydrogens is 324 g/mol. The number of hydrogen-bond donors (Lipinski definition) is 2. The number of hydrogen-bond acceptors (Lipinski definition) is 3. The topological polar surface area (TPSA) is 50.4 Å². The molecule has 0 spiro atoms. The maximum Gasteiger partial charge on any atom is 0.243 e. The summed E-state index contributed by atoms with van der Waals surface area (Å²) in [6, 6.07) is 13.0. The molecule has 0 aromatic heterocycles. The van der Waals surface area contributed by atoms with E-state index in [0.717, 1.165) is 35.5 Å². The first-order valence-electron chi connectivity index (χ1n) is 8.11. The average Bonchev–Trinajstić information content (AvgIpc) is 2.57. The summed E-state index contributed by atoms with van der Waals surface area (Å²) in [5.41, 5.74) is 2.55. The van der Waals surface area contributed by atoms with E-state index < -0.39 is 0 Å². The highest BCUT2D eigenvalue weighted by Crippen LogP contribution is 2.20. The van der Waals surface area contributed by atoms with Crippen LogP contribution in [0.4, 0.5) is 11.4 Å². The second-order valence-electron chi connectivity index (χ2n) is 5.59. The van der Waals surface area contributed by atoms with Crippen molar-refractivity contribution in [3.05, 3.63) is 53.1 Å². The predicted molar refractivity (Wildman–Crippen MR) is 100 cm³/mol. The first-order valence-corrected chi connectivity index (χ1v) is 8.49. The molecule has 5 heteroatoms. The molecular formula is C19H23ClN2O2. The quantitative estimate of drug-likeness (QED) is 0.670. The van der Waals surface area contributed by atoms with Gasteiger partial charge in [0.25, 0.3) is 0 Å². The molecule has 2 N–H and O–H groups in total. The van der Waals surface area contributed by atoms with Crippen molar-refractivity contribution in [2.75, 3.05) is 23.8 Å². The van der Waals surface area contributed by atoms with E-state index in [9.17, 15) is 4.79 Å². The molecule has 0 atom stereocenters. The number of anilines is 2. The summed E-state index contributed by atoms with van der Waals surface area (Å²) in [5, 5.41) is 6.56. The van der Waals surface area contributed by atoms with Gasteiger partial charge in [-0.25, -0.2) is 0 Å². The molecule has 1 amide bonds. The number of ether oxygens (including phenoxy) is 1. The van der Waals surface area contributed by atoms with Gasteiger partial charge in [0.2, 0.25) is 5.91 Å². The van der Waals surface area contributed by atoms with Gasteiger partial charge in [-0.2, -0.15) is 0 Å². The van der Waals surface area contributed by atoms with Crippen LogP contribution >= 0.6 is 11.6 Å². The second kappa shape index (κ2) is 9.18. The third-order valence-electron chi connectivity index (χ3n) is 3.53. The van der Waals surface area contributed by atoms with E-state index in [4.69, 9.17) is 16.3 Å². The number of halogens is 1. The Kier molecular flexibility index (Phi) is 6.94. The van der Waals surface area contributed by atoms with E-state index in [1.165, 1.54) is 0 Å². The lowest BCUT2D eigenvalue weighted by molar-refractivity contribution is -0.114. The van der Waals surface area contributed by atoms with Crippen molar-refractivity contribution in [2.45, 2.75) is 26.7 Å². The summed E-state index contributed by atoms with van der Waals surface area (Å²) in [5.74, 6) is 0.678. The summed E-state index contributed by atoms with van der Waals surface area (Å²) in [6.45, 7) is 4.93. The van der Waals surface area contributed by atoms with Crippen molar-refractivity contribution < 1.29 is 9.53 Å². The SMILES string of the molecule is CCCCOc1cccc(NCC(=O)Nc2cc(Cl)ccc2C)c1. The van der Waals surface area contributed by atoms with E-state index in [1.54, 1.807) is 12.1 Å². The van der Waals surface area contributed by atoms with Crippen LogP contribution in [0.5, 0.6) is 5.75 Å². The van der Waals surface area contributed by atoms with Crippen molar-refractivity contribution in [1.82, 2.24) is 0 Å². The molecule has 128 valence electrons. The predicted octanol–water partition coefficient (Wildman–Crippen LogP) is 4.88. The van der Waals surface area contributed by atoms with E-state index in [1.807, 2.05) is 37.3 Å². The highest BCUT2D eigenvalue weighted by Gasteiger charge is 2.06. The maximum absolute atomic E-state index is 12.1. The van der Waals surface area contributed by atoms with Gasteiger partial charge in [-0.15, -0.1) is 0 Å². The molecule has 0 fully saturated rings. The molecule has 0 radical (unpaired) electrons. The Morgan fingerprint density at radius 3 is 2.83 bits per heavy atom. The summed E-state index contributed by atoms with van der Waals surface area (Å²) >= 11 is 5.96. The van der Waals surface area contributed by atoms with Gasteiger partial charge in [0.1, 0.15) is 5.75 Å². The second-order valence-corrected chi connectivity index (χ2v) is 6.03. The minimum absolute atomic E-state index is 0.127. The molecule has 0 saturated heterocycles. The fourth-order valence-corrected chi connectivity index (χ4v) is 2.31. The number of benzene rings is 2. The Morgan fingerprint density at radius 2 is 2.04 bits per heavy atom. The first kappa shape index (κ1) is 18.1. The van der Waals surface area contributed by atoms with Crippen LogP contribution in [-0.2, 0) is 4.79 Å². The highest BCUT2D eigenvalue weighted by molar-refractivity contribution is 6.31. The zero-order valence-corrected chi connectivity index (χ0v) is 14.8. The third kappa shape index (κ3) is 5.78. The molecule has 0 aliphatic carbocycles. The number of unbranched alkanes of at least 4 members (excludes halogenated alkanes) is 1. The highest BCUT2D eigenvalue weighted by atomic mass is 35.5. The third-order valence-corrected chi connectivity index (χ3v) is 3.76. The van der Waals surface area contributed by atoms with Crippen LogP contribution < -0.4 is 15.4 Å². The lowest BCUT2D eigenvalue weighted by Gasteiger charge is -2.11. The lowest BCUT2D eigenvalue weighted by Crippen LogP contribution is -2.22.